The summed E-state index contributed by atoms with van der Waals surface area (Å²) in [6.45, 7) is 2.52. The molecule has 0 aromatic heterocycles. The molecule has 0 aliphatic carbocycles. The first-order valence-electron chi connectivity index (χ1n) is 7.46. The zero-order chi connectivity index (χ0) is 17.5. The molecule has 0 heterocycles. The van der Waals surface area contributed by atoms with Crippen LogP contribution in [-0.4, -0.2) is 19.7 Å². The predicted octanol–water partition coefficient (Wildman–Crippen LogP) is 4.40. The fourth-order valence-corrected chi connectivity index (χ4v) is 2.50. The number of hydrogen-bond acceptors (Lipinski definition) is 4. The number of esters is 1. The van der Waals surface area contributed by atoms with Crippen molar-refractivity contribution in [2.75, 3.05) is 13.7 Å². The average molecular weight is 368 g/mol. The van der Waals surface area contributed by atoms with Gasteiger partial charge in [0, 0.05) is 17.6 Å². The number of halogens is 2. The van der Waals surface area contributed by atoms with Crippen LogP contribution in [0.3, 0.4) is 0 Å². The van der Waals surface area contributed by atoms with Gasteiger partial charge in [-0.15, -0.1) is 0 Å². The molecule has 0 amide bonds. The van der Waals surface area contributed by atoms with E-state index in [1.165, 1.54) is 7.11 Å². The third-order valence-electron chi connectivity index (χ3n) is 3.53. The fourth-order valence-electron chi connectivity index (χ4n) is 2.13. The van der Waals surface area contributed by atoms with Gasteiger partial charge in [-0.1, -0.05) is 41.4 Å². The van der Waals surface area contributed by atoms with Crippen molar-refractivity contribution in [3.63, 3.8) is 0 Å². The van der Waals surface area contributed by atoms with Crippen LogP contribution < -0.4 is 10.1 Å². The first kappa shape index (κ1) is 18.6. The SMILES string of the molecule is COC(=O)COc1cc(CNC(C)c2cccc(Cl)c2)ccc1Cl. The van der Waals surface area contributed by atoms with Crippen LogP contribution in [0.15, 0.2) is 42.5 Å². The van der Waals surface area contributed by atoms with E-state index in [0.717, 1.165) is 11.1 Å². The Balaban J connectivity index is 1.98. The van der Waals surface area contributed by atoms with Gasteiger partial charge >= 0.3 is 5.97 Å². The van der Waals surface area contributed by atoms with E-state index in [2.05, 4.69) is 17.0 Å². The summed E-state index contributed by atoms with van der Waals surface area (Å²) in [4.78, 5) is 11.2. The predicted molar refractivity (Wildman–Crippen MR) is 95.7 cm³/mol. The van der Waals surface area contributed by atoms with Crippen LogP contribution in [0.5, 0.6) is 5.75 Å². The Morgan fingerprint density at radius 3 is 2.71 bits per heavy atom. The highest BCUT2D eigenvalue weighted by atomic mass is 35.5. The van der Waals surface area contributed by atoms with Crippen molar-refractivity contribution in [1.29, 1.82) is 0 Å². The highest BCUT2D eigenvalue weighted by Crippen LogP contribution is 2.26. The smallest absolute Gasteiger partial charge is 0.343 e. The van der Waals surface area contributed by atoms with Crippen LogP contribution >= 0.6 is 23.2 Å². The Kier molecular flexibility index (Phi) is 6.91. The summed E-state index contributed by atoms with van der Waals surface area (Å²) in [7, 11) is 1.31. The number of benzene rings is 2. The molecule has 2 aromatic carbocycles. The Bertz CT molecular complexity index is 706. The van der Waals surface area contributed by atoms with E-state index in [1.54, 1.807) is 6.07 Å². The van der Waals surface area contributed by atoms with Gasteiger partial charge in [-0.3, -0.25) is 0 Å². The second-order valence-electron chi connectivity index (χ2n) is 5.29. The first-order chi connectivity index (χ1) is 11.5. The Morgan fingerprint density at radius 1 is 1.21 bits per heavy atom. The number of rotatable bonds is 7. The van der Waals surface area contributed by atoms with Crippen molar-refractivity contribution in [3.05, 3.63) is 63.6 Å². The summed E-state index contributed by atoms with van der Waals surface area (Å²) >= 11 is 12.1. The van der Waals surface area contributed by atoms with Gasteiger partial charge in [0.1, 0.15) is 5.75 Å². The van der Waals surface area contributed by atoms with Crippen molar-refractivity contribution in [2.45, 2.75) is 19.5 Å². The number of nitrogens with one attached hydrogen (secondary N) is 1. The maximum absolute atomic E-state index is 11.2. The molecule has 1 N–H and O–H groups in total. The highest BCUT2D eigenvalue weighted by Gasteiger charge is 2.09. The van der Waals surface area contributed by atoms with E-state index in [-0.39, 0.29) is 12.6 Å². The van der Waals surface area contributed by atoms with Gasteiger partial charge in [0.15, 0.2) is 6.61 Å². The maximum Gasteiger partial charge on any atom is 0.343 e. The Hall–Kier alpha value is -1.75. The molecule has 1 unspecified atom stereocenters. The molecule has 0 saturated heterocycles. The van der Waals surface area contributed by atoms with Gasteiger partial charge in [0.25, 0.3) is 0 Å². The lowest BCUT2D eigenvalue weighted by Gasteiger charge is -2.15. The summed E-state index contributed by atoms with van der Waals surface area (Å²) in [5.41, 5.74) is 2.10. The second-order valence-corrected chi connectivity index (χ2v) is 6.13. The highest BCUT2D eigenvalue weighted by molar-refractivity contribution is 6.32. The van der Waals surface area contributed by atoms with Crippen molar-refractivity contribution in [1.82, 2.24) is 5.32 Å². The Morgan fingerprint density at radius 2 is 2.00 bits per heavy atom. The molecule has 24 heavy (non-hydrogen) atoms. The third kappa shape index (κ3) is 5.41. The molecule has 0 spiro atoms. The van der Waals surface area contributed by atoms with Crippen molar-refractivity contribution < 1.29 is 14.3 Å². The van der Waals surface area contributed by atoms with Gasteiger partial charge in [-0.25, -0.2) is 4.79 Å². The van der Waals surface area contributed by atoms with Crippen LogP contribution in [0.4, 0.5) is 0 Å². The zero-order valence-electron chi connectivity index (χ0n) is 13.5. The van der Waals surface area contributed by atoms with E-state index >= 15 is 0 Å². The quantitative estimate of drug-likeness (QED) is 0.736. The normalized spacial score (nSPS) is 11.8. The van der Waals surface area contributed by atoms with Crippen molar-refractivity contribution in [2.24, 2.45) is 0 Å². The van der Waals surface area contributed by atoms with E-state index < -0.39 is 5.97 Å². The summed E-state index contributed by atoms with van der Waals surface area (Å²) in [6.07, 6.45) is 0. The molecule has 0 bridgehead atoms. The molecule has 0 saturated carbocycles. The van der Waals surface area contributed by atoms with Gasteiger partial charge < -0.3 is 14.8 Å². The topological polar surface area (TPSA) is 47.6 Å². The van der Waals surface area contributed by atoms with E-state index in [9.17, 15) is 4.79 Å². The van der Waals surface area contributed by atoms with Gasteiger partial charge in [-0.2, -0.15) is 0 Å². The largest absolute Gasteiger partial charge is 0.480 e. The lowest BCUT2D eigenvalue weighted by molar-refractivity contribution is -0.142. The van der Waals surface area contributed by atoms with Crippen LogP contribution in [0.2, 0.25) is 10.0 Å². The minimum Gasteiger partial charge on any atom is -0.480 e. The summed E-state index contributed by atoms with van der Waals surface area (Å²) in [5, 5.41) is 4.58. The molecular weight excluding hydrogens is 349 g/mol. The van der Waals surface area contributed by atoms with Crippen LogP contribution in [-0.2, 0) is 16.1 Å². The van der Waals surface area contributed by atoms with Crippen LogP contribution in [0.25, 0.3) is 0 Å². The average Bonchev–Trinajstić information content (AvgIpc) is 2.59. The van der Waals surface area contributed by atoms with Crippen LogP contribution in [0.1, 0.15) is 24.1 Å². The second kappa shape index (κ2) is 8.92. The molecule has 6 heteroatoms. The molecular formula is C18H19Cl2NO3. The number of methoxy groups -OCH3 is 1. The van der Waals surface area contributed by atoms with E-state index in [1.807, 2.05) is 36.4 Å². The number of hydrogen-bond donors (Lipinski definition) is 1. The molecule has 1 atom stereocenters. The Labute approximate surface area is 151 Å². The monoisotopic (exact) mass is 367 g/mol. The summed E-state index contributed by atoms with van der Waals surface area (Å²) < 4.78 is 9.94. The molecule has 0 fully saturated rings. The van der Waals surface area contributed by atoms with Gasteiger partial charge in [0.05, 0.1) is 12.1 Å². The zero-order valence-corrected chi connectivity index (χ0v) is 15.0. The standard InChI is InChI=1S/C18H19Cl2NO3/c1-12(14-4-3-5-15(19)9-14)21-10-13-6-7-16(20)17(8-13)24-11-18(22)23-2/h3-9,12,21H,10-11H2,1-2H3. The molecule has 0 radical (unpaired) electrons. The minimum atomic E-state index is -0.454. The van der Waals surface area contributed by atoms with Crippen molar-refractivity contribution in [3.8, 4) is 5.75 Å². The van der Waals surface area contributed by atoms with E-state index in [0.29, 0.717) is 22.3 Å². The molecule has 4 nitrogen and oxygen atoms in total. The number of ether oxygens (including phenoxy) is 2. The summed E-state index contributed by atoms with van der Waals surface area (Å²) in [5.74, 6) is 0.000878. The maximum atomic E-state index is 11.2. The lowest BCUT2D eigenvalue weighted by Crippen LogP contribution is -2.18. The lowest BCUT2D eigenvalue weighted by atomic mass is 10.1. The van der Waals surface area contributed by atoms with Gasteiger partial charge in [-0.05, 0) is 42.3 Å². The minimum absolute atomic E-state index is 0.138. The first-order valence-corrected chi connectivity index (χ1v) is 8.22. The van der Waals surface area contributed by atoms with Gasteiger partial charge in [0.2, 0.25) is 0 Å². The molecule has 0 aliphatic rings. The molecule has 2 aromatic rings. The molecule has 0 aliphatic heterocycles. The van der Waals surface area contributed by atoms with E-state index in [4.69, 9.17) is 27.9 Å². The summed E-state index contributed by atoms with van der Waals surface area (Å²) in [6, 6.07) is 13.3. The number of carbonyl (C=O) groups excluding carboxylic acids is 1. The molecule has 2 rings (SSSR count). The fraction of sp³-hybridized carbons (Fsp3) is 0.278. The molecule has 128 valence electrons. The number of carbonyl (C=O) groups is 1. The van der Waals surface area contributed by atoms with Crippen molar-refractivity contribution >= 4 is 29.2 Å². The van der Waals surface area contributed by atoms with Crippen LogP contribution in [0, 0.1) is 0 Å². The third-order valence-corrected chi connectivity index (χ3v) is 4.08.